The maximum Gasteiger partial charge on any atom is 0.246 e. The summed E-state index contributed by atoms with van der Waals surface area (Å²) in [5.74, 6) is 1.02. The first-order valence-electron chi connectivity index (χ1n) is 7.50. The molecule has 2 atom stereocenters. The molecule has 1 aromatic heterocycles. The van der Waals surface area contributed by atoms with Crippen LogP contribution in [0, 0.1) is 18.8 Å². The Labute approximate surface area is 123 Å². The Morgan fingerprint density at radius 2 is 2.14 bits per heavy atom. The first kappa shape index (κ1) is 14.1. The van der Waals surface area contributed by atoms with Crippen LogP contribution in [0.1, 0.15) is 38.1 Å². The molecular formula is C15H21N3O3. The maximum atomic E-state index is 12.7. The van der Waals surface area contributed by atoms with Gasteiger partial charge in [0.15, 0.2) is 0 Å². The summed E-state index contributed by atoms with van der Waals surface area (Å²) >= 11 is 0. The van der Waals surface area contributed by atoms with Gasteiger partial charge < -0.3 is 14.7 Å². The van der Waals surface area contributed by atoms with Gasteiger partial charge in [-0.2, -0.15) is 0 Å². The number of nitrogens with one attached hydrogen (secondary N) is 1. The lowest BCUT2D eigenvalue weighted by Crippen LogP contribution is -2.65. The largest absolute Gasteiger partial charge is 0.361 e. The summed E-state index contributed by atoms with van der Waals surface area (Å²) in [6.45, 7) is 6.05. The van der Waals surface area contributed by atoms with Crippen LogP contribution in [0.15, 0.2) is 10.6 Å². The number of aryl methyl sites for hydroxylation is 1. The Balaban J connectivity index is 1.86. The fourth-order valence-corrected chi connectivity index (χ4v) is 3.01. The normalized spacial score (nSPS) is 26.4. The minimum absolute atomic E-state index is 0.0106. The molecule has 1 aliphatic heterocycles. The molecule has 0 spiro atoms. The van der Waals surface area contributed by atoms with Gasteiger partial charge in [-0.1, -0.05) is 19.0 Å². The molecule has 1 aliphatic carbocycles. The summed E-state index contributed by atoms with van der Waals surface area (Å²) in [7, 11) is 0. The van der Waals surface area contributed by atoms with Gasteiger partial charge in [0.1, 0.15) is 23.5 Å². The number of carbonyl (C=O) groups is 2. The third kappa shape index (κ3) is 2.66. The second-order valence-corrected chi connectivity index (χ2v) is 6.41. The number of aromatic nitrogens is 1. The van der Waals surface area contributed by atoms with Crippen LogP contribution >= 0.6 is 0 Å². The zero-order chi connectivity index (χ0) is 15.1. The molecule has 3 rings (SSSR count). The highest BCUT2D eigenvalue weighted by Crippen LogP contribution is 2.36. The molecule has 1 saturated heterocycles. The van der Waals surface area contributed by atoms with Gasteiger partial charge in [0, 0.05) is 6.07 Å². The number of nitrogens with zero attached hydrogens (tertiary/aromatic N) is 2. The molecule has 2 heterocycles. The first-order valence-corrected chi connectivity index (χ1v) is 7.50. The van der Waals surface area contributed by atoms with Gasteiger partial charge in [0.2, 0.25) is 11.8 Å². The van der Waals surface area contributed by atoms with Crippen molar-refractivity contribution in [3.63, 3.8) is 0 Å². The van der Waals surface area contributed by atoms with Crippen LogP contribution in [-0.4, -0.2) is 34.0 Å². The molecule has 0 radical (unpaired) electrons. The van der Waals surface area contributed by atoms with E-state index in [1.807, 2.05) is 26.8 Å². The van der Waals surface area contributed by atoms with E-state index in [4.69, 9.17) is 4.52 Å². The average molecular weight is 291 g/mol. The number of piperazine rings is 1. The summed E-state index contributed by atoms with van der Waals surface area (Å²) < 4.78 is 5.06. The number of hydrogen-bond donors (Lipinski definition) is 1. The summed E-state index contributed by atoms with van der Waals surface area (Å²) in [6, 6.07) is 1.01. The molecular weight excluding hydrogens is 270 g/mol. The fourth-order valence-electron chi connectivity index (χ4n) is 3.01. The van der Waals surface area contributed by atoms with Crippen molar-refractivity contribution in [2.24, 2.45) is 11.8 Å². The van der Waals surface area contributed by atoms with Gasteiger partial charge in [-0.05, 0) is 31.6 Å². The van der Waals surface area contributed by atoms with E-state index in [9.17, 15) is 9.59 Å². The van der Waals surface area contributed by atoms with E-state index in [-0.39, 0.29) is 23.8 Å². The number of amides is 2. The van der Waals surface area contributed by atoms with Crippen molar-refractivity contribution in [3.05, 3.63) is 17.5 Å². The molecule has 114 valence electrons. The van der Waals surface area contributed by atoms with Crippen LogP contribution < -0.4 is 5.32 Å². The van der Waals surface area contributed by atoms with Crippen LogP contribution in [0.4, 0.5) is 0 Å². The van der Waals surface area contributed by atoms with Crippen LogP contribution in [0.5, 0.6) is 0 Å². The zero-order valence-corrected chi connectivity index (χ0v) is 12.6. The second kappa shape index (κ2) is 5.16. The molecule has 0 bridgehead atoms. The molecule has 1 saturated carbocycles. The Morgan fingerprint density at radius 3 is 2.67 bits per heavy atom. The maximum absolute atomic E-state index is 12.7. The quantitative estimate of drug-likeness (QED) is 0.905. The average Bonchev–Trinajstić information content (AvgIpc) is 3.17. The molecule has 6 nitrogen and oxygen atoms in total. The molecule has 2 fully saturated rings. The van der Waals surface area contributed by atoms with Gasteiger partial charge >= 0.3 is 0 Å². The lowest BCUT2D eigenvalue weighted by atomic mass is 9.95. The summed E-state index contributed by atoms with van der Waals surface area (Å²) in [5.41, 5.74) is 0.691. The van der Waals surface area contributed by atoms with E-state index < -0.39 is 6.04 Å². The van der Waals surface area contributed by atoms with Crippen molar-refractivity contribution in [3.8, 4) is 0 Å². The van der Waals surface area contributed by atoms with E-state index >= 15 is 0 Å². The predicted molar refractivity (Wildman–Crippen MR) is 75.1 cm³/mol. The highest BCUT2D eigenvalue weighted by atomic mass is 16.5. The summed E-state index contributed by atoms with van der Waals surface area (Å²) in [5, 5.41) is 6.85. The monoisotopic (exact) mass is 291 g/mol. The second-order valence-electron chi connectivity index (χ2n) is 6.41. The minimum Gasteiger partial charge on any atom is -0.361 e. The van der Waals surface area contributed by atoms with Crippen LogP contribution in [0.2, 0.25) is 0 Å². The summed E-state index contributed by atoms with van der Waals surface area (Å²) in [6.07, 6.45) is 2.03. The predicted octanol–water partition coefficient (Wildman–Crippen LogP) is 1.24. The van der Waals surface area contributed by atoms with E-state index in [1.165, 1.54) is 0 Å². The lowest BCUT2D eigenvalue weighted by molar-refractivity contribution is -0.152. The van der Waals surface area contributed by atoms with E-state index in [0.29, 0.717) is 23.9 Å². The van der Waals surface area contributed by atoms with Gasteiger partial charge in [0.05, 0.1) is 6.54 Å². The highest BCUT2D eigenvalue weighted by Gasteiger charge is 2.47. The molecule has 1 aromatic rings. The molecule has 21 heavy (non-hydrogen) atoms. The minimum atomic E-state index is -0.440. The van der Waals surface area contributed by atoms with Crippen molar-refractivity contribution in [1.82, 2.24) is 15.4 Å². The third-order valence-corrected chi connectivity index (χ3v) is 4.19. The standard InChI is InChI=1S/C15H21N3O3/c1-8(2)13-14(19)16-12(10-4-5-10)15(20)18(13)7-11-6-9(3)21-17-11/h6,8,10,12-13H,4-5,7H2,1-3H3,(H,16,19). The van der Waals surface area contributed by atoms with Crippen molar-refractivity contribution in [2.75, 3.05) is 0 Å². The highest BCUT2D eigenvalue weighted by molar-refractivity contribution is 5.97. The van der Waals surface area contributed by atoms with Crippen molar-refractivity contribution < 1.29 is 14.1 Å². The number of rotatable bonds is 4. The molecule has 0 aromatic carbocycles. The van der Waals surface area contributed by atoms with Crippen molar-refractivity contribution in [2.45, 2.75) is 52.2 Å². The van der Waals surface area contributed by atoms with Gasteiger partial charge in [-0.25, -0.2) is 0 Å². The van der Waals surface area contributed by atoms with Gasteiger partial charge in [0.25, 0.3) is 0 Å². The Morgan fingerprint density at radius 1 is 1.43 bits per heavy atom. The van der Waals surface area contributed by atoms with Crippen LogP contribution in [0.3, 0.4) is 0 Å². The molecule has 1 N–H and O–H groups in total. The summed E-state index contributed by atoms with van der Waals surface area (Å²) in [4.78, 5) is 26.8. The zero-order valence-electron chi connectivity index (χ0n) is 12.6. The van der Waals surface area contributed by atoms with Crippen molar-refractivity contribution in [1.29, 1.82) is 0 Å². The van der Waals surface area contributed by atoms with Gasteiger partial charge in [-0.15, -0.1) is 0 Å². The fraction of sp³-hybridized carbons (Fsp3) is 0.667. The Bertz CT molecular complexity index is 562. The molecule has 6 heteroatoms. The lowest BCUT2D eigenvalue weighted by Gasteiger charge is -2.40. The molecule has 2 aliphatic rings. The Kier molecular flexibility index (Phi) is 3.47. The SMILES string of the molecule is Cc1cc(CN2C(=O)C(C3CC3)NC(=O)C2C(C)C)no1. The van der Waals surface area contributed by atoms with Crippen molar-refractivity contribution >= 4 is 11.8 Å². The van der Waals surface area contributed by atoms with Gasteiger partial charge in [-0.3, -0.25) is 9.59 Å². The van der Waals surface area contributed by atoms with Crippen LogP contribution in [-0.2, 0) is 16.1 Å². The van der Waals surface area contributed by atoms with Crippen LogP contribution in [0.25, 0.3) is 0 Å². The first-order chi connectivity index (χ1) is 9.97. The van der Waals surface area contributed by atoms with E-state index in [2.05, 4.69) is 10.5 Å². The molecule has 2 unspecified atom stereocenters. The third-order valence-electron chi connectivity index (χ3n) is 4.19. The number of hydrogen-bond acceptors (Lipinski definition) is 4. The smallest absolute Gasteiger partial charge is 0.246 e. The topological polar surface area (TPSA) is 75.4 Å². The van der Waals surface area contributed by atoms with E-state index in [0.717, 1.165) is 12.8 Å². The molecule has 2 amide bonds. The van der Waals surface area contributed by atoms with E-state index in [1.54, 1.807) is 4.90 Å². The number of carbonyl (C=O) groups excluding carboxylic acids is 2. The Hall–Kier alpha value is -1.85.